The lowest BCUT2D eigenvalue weighted by Gasteiger charge is -2.43. The van der Waals surface area contributed by atoms with Gasteiger partial charge in [0, 0.05) is 40.4 Å². The number of benzene rings is 1. The minimum atomic E-state index is -4.78. The van der Waals surface area contributed by atoms with Gasteiger partial charge in [-0.15, -0.1) is 0 Å². The van der Waals surface area contributed by atoms with Gasteiger partial charge >= 0.3 is 6.18 Å². The van der Waals surface area contributed by atoms with E-state index in [4.69, 9.17) is 0 Å². The van der Waals surface area contributed by atoms with E-state index in [1.165, 1.54) is 24.1 Å². The Bertz CT molecular complexity index is 1160. The fraction of sp³-hybridized carbons (Fsp3) is 0.400. The first-order valence-corrected chi connectivity index (χ1v) is 11.7. The topological polar surface area (TPSA) is 119 Å². The van der Waals surface area contributed by atoms with Gasteiger partial charge in [-0.05, 0) is 43.2 Å². The number of hydrogen-bond donors (Lipinski definition) is 2. The molecule has 14 heteroatoms. The molecule has 0 radical (unpaired) electrons. The fourth-order valence-electron chi connectivity index (χ4n) is 3.97. The molecule has 212 valence electrons. The molecule has 10 nitrogen and oxygen atoms in total. The highest BCUT2D eigenvalue weighted by molar-refractivity contribution is 5.97. The third-order valence-electron chi connectivity index (χ3n) is 5.93. The zero-order valence-electron chi connectivity index (χ0n) is 21.5. The normalized spacial score (nSPS) is 15.5. The number of hydrogen-bond acceptors (Lipinski definition) is 7. The number of rotatable bonds is 10. The van der Waals surface area contributed by atoms with Crippen LogP contribution in [0, 0.1) is 5.82 Å². The lowest BCUT2D eigenvalue weighted by atomic mass is 9.85. The summed E-state index contributed by atoms with van der Waals surface area (Å²) in [5.41, 5.74) is -2.98. The number of allylic oxidation sites excluding steroid dienone is 2. The molecular weight excluding hydrogens is 526 g/mol. The molecule has 0 aromatic heterocycles. The molecule has 1 fully saturated rings. The Balaban J connectivity index is 2.14. The highest BCUT2D eigenvalue weighted by atomic mass is 19.4. The van der Waals surface area contributed by atoms with Gasteiger partial charge in [-0.25, -0.2) is 4.39 Å². The van der Waals surface area contributed by atoms with Gasteiger partial charge in [-0.1, -0.05) is 0 Å². The van der Waals surface area contributed by atoms with Crippen molar-refractivity contribution >= 4 is 30.4 Å². The van der Waals surface area contributed by atoms with E-state index in [2.05, 4.69) is 10.6 Å². The number of carbonyl (C=O) groups is 5. The minimum absolute atomic E-state index is 0.0186. The van der Waals surface area contributed by atoms with Crippen LogP contribution in [0.3, 0.4) is 0 Å². The third-order valence-corrected chi connectivity index (χ3v) is 5.93. The predicted molar refractivity (Wildman–Crippen MR) is 131 cm³/mol. The average molecular weight is 556 g/mol. The first-order valence-electron chi connectivity index (χ1n) is 11.7. The Morgan fingerprint density at radius 3 is 2.28 bits per heavy atom. The number of likely N-dealkylation sites (tertiary alicyclic amines) is 1. The first-order chi connectivity index (χ1) is 18.2. The third kappa shape index (κ3) is 8.12. The van der Waals surface area contributed by atoms with Crippen LogP contribution in [0.4, 0.5) is 17.6 Å². The van der Waals surface area contributed by atoms with E-state index in [1.807, 2.05) is 0 Å². The molecule has 0 saturated carbocycles. The summed E-state index contributed by atoms with van der Waals surface area (Å²) in [5.74, 6) is -3.54. The molecule has 1 aliphatic heterocycles. The summed E-state index contributed by atoms with van der Waals surface area (Å²) in [4.78, 5) is 64.2. The van der Waals surface area contributed by atoms with Crippen molar-refractivity contribution in [2.24, 2.45) is 0 Å². The van der Waals surface area contributed by atoms with Crippen molar-refractivity contribution in [3.05, 3.63) is 59.2 Å². The van der Waals surface area contributed by atoms with Crippen LogP contribution in [0.1, 0.15) is 28.8 Å². The molecule has 0 unspecified atom stereocenters. The number of nitrogens with zero attached hydrogens (tertiary/aromatic N) is 3. The van der Waals surface area contributed by atoms with Crippen LogP contribution in [0.5, 0.6) is 0 Å². The molecule has 1 heterocycles. The monoisotopic (exact) mass is 555 g/mol. The van der Waals surface area contributed by atoms with E-state index >= 15 is 0 Å². The van der Waals surface area contributed by atoms with E-state index in [0.717, 1.165) is 4.90 Å². The van der Waals surface area contributed by atoms with Gasteiger partial charge in [0.25, 0.3) is 11.8 Å². The van der Waals surface area contributed by atoms with E-state index in [-0.39, 0.29) is 25.9 Å². The van der Waals surface area contributed by atoms with Gasteiger partial charge in [-0.3, -0.25) is 28.9 Å². The zero-order valence-corrected chi connectivity index (χ0v) is 21.5. The van der Waals surface area contributed by atoms with Crippen molar-refractivity contribution in [3.63, 3.8) is 0 Å². The molecule has 1 aromatic carbocycles. The molecule has 1 aromatic rings. The SMILES string of the molecule is CN(C)C=C(/C=C\C=O)NC1(C(=O)N(C)C=O)CCN(C(=O)CNC(=O)c2cc(C(F)(F)F)ccc2F)CC1. The molecule has 2 N–H and O–H groups in total. The Labute approximate surface area is 222 Å². The molecule has 1 saturated heterocycles. The standard InChI is InChI=1S/C25H29F4N5O5/c1-32(2)15-18(5-4-12-35)31-24(23(39)33(3)16-36)8-10-34(11-9-24)21(37)14-30-22(38)19-13-17(25(27,28)29)6-7-20(19)26/h4-7,12-13,15-16,31H,8-11,14H2,1-3H3,(H,30,38)/b5-4-,18-15?. The molecule has 39 heavy (non-hydrogen) atoms. The van der Waals surface area contributed by atoms with Gasteiger partial charge in [0.15, 0.2) is 0 Å². The maximum absolute atomic E-state index is 14.0. The Hall–Kier alpha value is -4.23. The Kier molecular flexibility index (Phi) is 10.3. The van der Waals surface area contributed by atoms with Crippen molar-refractivity contribution in [3.8, 4) is 0 Å². The quantitative estimate of drug-likeness (QED) is 0.193. The number of likely N-dealkylation sites (N-methyl/N-ethyl adjacent to an activating group) is 1. The summed E-state index contributed by atoms with van der Waals surface area (Å²) in [6.07, 6.45) is 0.502. The number of imide groups is 1. The maximum Gasteiger partial charge on any atom is 0.416 e. The van der Waals surface area contributed by atoms with Crippen LogP contribution in [0.2, 0.25) is 0 Å². The molecule has 2 rings (SSSR count). The second-order valence-electron chi connectivity index (χ2n) is 9.03. The van der Waals surface area contributed by atoms with Crippen LogP contribution in [-0.2, 0) is 25.4 Å². The first kappa shape index (κ1) is 31.0. The van der Waals surface area contributed by atoms with Crippen molar-refractivity contribution in [2.75, 3.05) is 40.8 Å². The number of amides is 4. The van der Waals surface area contributed by atoms with E-state index in [9.17, 15) is 41.5 Å². The highest BCUT2D eigenvalue weighted by Gasteiger charge is 2.44. The predicted octanol–water partition coefficient (Wildman–Crippen LogP) is 1.30. The van der Waals surface area contributed by atoms with Gasteiger partial charge in [0.05, 0.1) is 23.4 Å². The van der Waals surface area contributed by atoms with Crippen LogP contribution in [0.25, 0.3) is 0 Å². The summed E-state index contributed by atoms with van der Waals surface area (Å²) in [6, 6.07) is 1.39. The molecule has 0 aliphatic carbocycles. The number of nitrogens with one attached hydrogen (secondary N) is 2. The molecule has 0 spiro atoms. The maximum atomic E-state index is 14.0. The molecule has 0 atom stereocenters. The highest BCUT2D eigenvalue weighted by Crippen LogP contribution is 2.30. The van der Waals surface area contributed by atoms with Gasteiger partial charge in [-0.2, -0.15) is 13.2 Å². The number of piperidine rings is 1. The number of carbonyl (C=O) groups excluding carboxylic acids is 5. The summed E-state index contributed by atoms with van der Waals surface area (Å²) >= 11 is 0. The summed E-state index contributed by atoms with van der Waals surface area (Å²) in [6.45, 7) is -0.583. The van der Waals surface area contributed by atoms with Gasteiger partial charge < -0.3 is 20.4 Å². The van der Waals surface area contributed by atoms with E-state index in [1.54, 1.807) is 25.2 Å². The summed E-state index contributed by atoms with van der Waals surface area (Å²) in [7, 11) is 4.74. The van der Waals surface area contributed by atoms with Gasteiger partial charge in [0.1, 0.15) is 17.6 Å². The summed E-state index contributed by atoms with van der Waals surface area (Å²) < 4.78 is 52.8. The fourth-order valence-corrected chi connectivity index (χ4v) is 3.97. The lowest BCUT2D eigenvalue weighted by Crippen LogP contribution is -2.62. The largest absolute Gasteiger partial charge is 0.416 e. The molecular formula is C25H29F4N5O5. The van der Waals surface area contributed by atoms with Crippen molar-refractivity contribution < 1.29 is 41.5 Å². The van der Waals surface area contributed by atoms with E-state index < -0.39 is 52.9 Å². The van der Waals surface area contributed by atoms with Crippen molar-refractivity contribution in [1.82, 2.24) is 25.3 Å². The Morgan fingerprint density at radius 1 is 1.10 bits per heavy atom. The van der Waals surface area contributed by atoms with Crippen LogP contribution in [-0.4, -0.2) is 91.4 Å². The molecule has 4 amide bonds. The van der Waals surface area contributed by atoms with Crippen molar-refractivity contribution in [2.45, 2.75) is 24.6 Å². The zero-order chi connectivity index (χ0) is 29.4. The van der Waals surface area contributed by atoms with Crippen LogP contribution >= 0.6 is 0 Å². The average Bonchev–Trinajstić information content (AvgIpc) is 2.88. The smallest absolute Gasteiger partial charge is 0.382 e. The Morgan fingerprint density at radius 2 is 1.74 bits per heavy atom. The van der Waals surface area contributed by atoms with Crippen molar-refractivity contribution in [1.29, 1.82) is 0 Å². The lowest BCUT2D eigenvalue weighted by molar-refractivity contribution is -0.145. The second-order valence-corrected chi connectivity index (χ2v) is 9.03. The molecule has 0 bridgehead atoms. The molecule has 1 aliphatic rings. The number of halogens is 4. The van der Waals surface area contributed by atoms with E-state index in [0.29, 0.717) is 36.6 Å². The van der Waals surface area contributed by atoms with Gasteiger partial charge in [0.2, 0.25) is 12.3 Å². The van der Waals surface area contributed by atoms with Crippen LogP contribution < -0.4 is 10.6 Å². The number of aldehydes is 1. The second kappa shape index (κ2) is 13.0. The van der Waals surface area contributed by atoms with Crippen LogP contribution in [0.15, 0.2) is 42.2 Å². The number of alkyl halides is 3. The summed E-state index contributed by atoms with van der Waals surface area (Å²) in [5, 5.41) is 5.22. The minimum Gasteiger partial charge on any atom is -0.382 e.